The van der Waals surface area contributed by atoms with Crippen molar-refractivity contribution in [2.45, 2.75) is 26.4 Å². The molecular weight excluding hydrogens is 307 g/mol. The van der Waals surface area contributed by atoms with Crippen molar-refractivity contribution in [1.29, 1.82) is 0 Å². The maximum atomic E-state index is 13.3. The molecule has 1 aromatic carbocycles. The maximum absolute atomic E-state index is 13.3. The third-order valence-electron chi connectivity index (χ3n) is 3.82. The van der Waals surface area contributed by atoms with Crippen LogP contribution in [0, 0.1) is 5.82 Å². The zero-order chi connectivity index (χ0) is 17.3. The Balaban J connectivity index is 1.82. The molecule has 0 aliphatic rings. The fourth-order valence-corrected chi connectivity index (χ4v) is 2.64. The monoisotopic (exact) mass is 326 g/mol. The van der Waals surface area contributed by atoms with Crippen molar-refractivity contribution in [1.82, 2.24) is 19.7 Å². The molecule has 3 aromatic rings. The molecule has 5 nitrogen and oxygen atoms in total. The summed E-state index contributed by atoms with van der Waals surface area (Å²) in [5.74, 6) is -0.469. The lowest BCUT2D eigenvalue weighted by atomic mass is 10.2. The molecule has 6 heteroatoms. The Kier molecular flexibility index (Phi) is 4.29. The quantitative estimate of drug-likeness (QED) is 0.738. The van der Waals surface area contributed by atoms with E-state index < -0.39 is 0 Å². The number of halogens is 1. The molecule has 1 amide bonds. The van der Waals surface area contributed by atoms with Gasteiger partial charge < -0.3 is 4.90 Å². The number of amides is 1. The van der Waals surface area contributed by atoms with Crippen LogP contribution in [0.15, 0.2) is 42.7 Å². The first-order valence-electron chi connectivity index (χ1n) is 7.79. The molecule has 0 bridgehead atoms. The van der Waals surface area contributed by atoms with Crippen molar-refractivity contribution in [3.05, 3.63) is 59.7 Å². The number of benzene rings is 1. The molecule has 2 aromatic heterocycles. The van der Waals surface area contributed by atoms with Crippen LogP contribution in [0.1, 0.15) is 35.8 Å². The number of pyridine rings is 1. The van der Waals surface area contributed by atoms with E-state index in [1.807, 2.05) is 18.5 Å². The number of aromatic nitrogens is 3. The van der Waals surface area contributed by atoms with Gasteiger partial charge in [0, 0.05) is 31.2 Å². The Bertz CT molecular complexity index is 888. The smallest absolute Gasteiger partial charge is 0.255 e. The Morgan fingerprint density at radius 2 is 2.08 bits per heavy atom. The van der Waals surface area contributed by atoms with Crippen molar-refractivity contribution in [2.75, 3.05) is 7.05 Å². The zero-order valence-corrected chi connectivity index (χ0v) is 13.9. The largest absolute Gasteiger partial charge is 0.337 e. The molecule has 3 rings (SSSR count). The minimum atomic E-state index is -0.308. The summed E-state index contributed by atoms with van der Waals surface area (Å²) in [6.45, 7) is 4.39. The van der Waals surface area contributed by atoms with Gasteiger partial charge in [-0.3, -0.25) is 4.79 Å². The van der Waals surface area contributed by atoms with Crippen molar-refractivity contribution >= 4 is 16.9 Å². The topological polar surface area (TPSA) is 51.0 Å². The predicted molar refractivity (Wildman–Crippen MR) is 90.1 cm³/mol. The summed E-state index contributed by atoms with van der Waals surface area (Å²) in [5.41, 5.74) is 1.99. The second kappa shape index (κ2) is 6.39. The molecule has 0 aliphatic heterocycles. The molecule has 0 aliphatic carbocycles. The third-order valence-corrected chi connectivity index (χ3v) is 3.82. The van der Waals surface area contributed by atoms with Gasteiger partial charge in [-0.25, -0.2) is 14.1 Å². The fourth-order valence-electron chi connectivity index (χ4n) is 2.64. The van der Waals surface area contributed by atoms with Gasteiger partial charge in [0.2, 0.25) is 0 Å². The lowest BCUT2D eigenvalue weighted by molar-refractivity contribution is 0.0784. The first-order valence-corrected chi connectivity index (χ1v) is 7.79. The highest BCUT2D eigenvalue weighted by Crippen LogP contribution is 2.18. The first kappa shape index (κ1) is 16.1. The molecule has 0 fully saturated rings. The van der Waals surface area contributed by atoms with Crippen molar-refractivity contribution in [3.63, 3.8) is 0 Å². The van der Waals surface area contributed by atoms with Gasteiger partial charge in [0.25, 0.3) is 5.91 Å². The van der Waals surface area contributed by atoms with Gasteiger partial charge in [-0.1, -0.05) is 12.1 Å². The number of nitrogens with zero attached hydrogens (tertiary/aromatic N) is 4. The highest BCUT2D eigenvalue weighted by atomic mass is 19.1. The second-order valence-electron chi connectivity index (χ2n) is 6.11. The SMILES string of the molecule is CC(C)n1ncc2cc(C(=O)N(C)Cc3cccc(F)c3)cnc21. The summed E-state index contributed by atoms with van der Waals surface area (Å²) in [4.78, 5) is 18.5. The van der Waals surface area contributed by atoms with Crippen LogP contribution >= 0.6 is 0 Å². The van der Waals surface area contributed by atoms with Crippen LogP contribution in [0.25, 0.3) is 11.0 Å². The van der Waals surface area contributed by atoms with Gasteiger partial charge in [-0.05, 0) is 37.6 Å². The molecule has 0 saturated heterocycles. The fraction of sp³-hybridized carbons (Fsp3) is 0.278. The molecule has 0 spiro atoms. The lowest BCUT2D eigenvalue weighted by Gasteiger charge is -2.17. The third kappa shape index (κ3) is 3.13. The average molecular weight is 326 g/mol. The van der Waals surface area contributed by atoms with E-state index >= 15 is 0 Å². The normalized spacial score (nSPS) is 11.2. The van der Waals surface area contributed by atoms with E-state index in [4.69, 9.17) is 0 Å². The minimum absolute atomic E-state index is 0.161. The average Bonchev–Trinajstić information content (AvgIpc) is 2.97. The standard InChI is InChI=1S/C18H19FN4O/c1-12(2)23-17-14(10-21-23)8-15(9-20-17)18(24)22(3)11-13-5-4-6-16(19)7-13/h4-10,12H,11H2,1-3H3. The van der Waals surface area contributed by atoms with Gasteiger partial charge in [-0.15, -0.1) is 0 Å². The second-order valence-corrected chi connectivity index (χ2v) is 6.11. The number of rotatable bonds is 4. The molecule has 0 saturated carbocycles. The summed E-state index contributed by atoms with van der Waals surface area (Å²) in [6.07, 6.45) is 3.28. The number of carbonyl (C=O) groups is 1. The lowest BCUT2D eigenvalue weighted by Crippen LogP contribution is -2.26. The van der Waals surface area contributed by atoms with E-state index in [0.29, 0.717) is 12.1 Å². The van der Waals surface area contributed by atoms with Crippen LogP contribution in [0.4, 0.5) is 4.39 Å². The zero-order valence-electron chi connectivity index (χ0n) is 13.9. The first-order chi connectivity index (χ1) is 11.5. The van der Waals surface area contributed by atoms with E-state index in [1.165, 1.54) is 12.1 Å². The maximum Gasteiger partial charge on any atom is 0.255 e. The van der Waals surface area contributed by atoms with Crippen LogP contribution < -0.4 is 0 Å². The van der Waals surface area contributed by atoms with Gasteiger partial charge >= 0.3 is 0 Å². The Morgan fingerprint density at radius 3 is 2.79 bits per heavy atom. The van der Waals surface area contributed by atoms with Crippen molar-refractivity contribution in [3.8, 4) is 0 Å². The highest BCUT2D eigenvalue weighted by Gasteiger charge is 2.15. The molecule has 0 atom stereocenters. The number of hydrogen-bond donors (Lipinski definition) is 0. The molecule has 0 N–H and O–H groups in total. The molecule has 24 heavy (non-hydrogen) atoms. The molecule has 0 unspecified atom stereocenters. The molecule has 124 valence electrons. The van der Waals surface area contributed by atoms with Crippen molar-refractivity contribution in [2.24, 2.45) is 0 Å². The summed E-state index contributed by atoms with van der Waals surface area (Å²) in [7, 11) is 1.69. The number of hydrogen-bond acceptors (Lipinski definition) is 3. The Morgan fingerprint density at radius 1 is 1.29 bits per heavy atom. The van der Waals surface area contributed by atoms with E-state index in [9.17, 15) is 9.18 Å². The van der Waals surface area contributed by atoms with Crippen LogP contribution in [-0.4, -0.2) is 32.6 Å². The predicted octanol–water partition coefficient (Wildman–Crippen LogP) is 3.42. The number of carbonyl (C=O) groups excluding carboxylic acids is 1. The summed E-state index contributed by atoms with van der Waals surface area (Å²) >= 11 is 0. The van der Waals surface area contributed by atoms with E-state index in [-0.39, 0.29) is 17.8 Å². The Labute approximate surface area is 139 Å². The molecule has 0 radical (unpaired) electrons. The highest BCUT2D eigenvalue weighted by molar-refractivity contribution is 5.96. The molecular formula is C18H19FN4O. The van der Waals surface area contributed by atoms with E-state index in [0.717, 1.165) is 16.6 Å². The summed E-state index contributed by atoms with van der Waals surface area (Å²) in [5, 5.41) is 5.13. The minimum Gasteiger partial charge on any atom is -0.337 e. The van der Waals surface area contributed by atoms with Crippen LogP contribution in [-0.2, 0) is 6.54 Å². The van der Waals surface area contributed by atoms with Gasteiger partial charge in [0.15, 0.2) is 5.65 Å². The number of fused-ring (bicyclic) bond motifs is 1. The molecule has 2 heterocycles. The van der Waals surface area contributed by atoms with Gasteiger partial charge in [0.05, 0.1) is 11.8 Å². The summed E-state index contributed by atoms with van der Waals surface area (Å²) in [6, 6.07) is 8.23. The van der Waals surface area contributed by atoms with Crippen LogP contribution in [0.5, 0.6) is 0 Å². The van der Waals surface area contributed by atoms with Crippen molar-refractivity contribution < 1.29 is 9.18 Å². The summed E-state index contributed by atoms with van der Waals surface area (Å²) < 4.78 is 15.1. The van der Waals surface area contributed by atoms with Gasteiger partial charge in [0.1, 0.15) is 5.82 Å². The van der Waals surface area contributed by atoms with Crippen LogP contribution in [0.2, 0.25) is 0 Å². The van der Waals surface area contributed by atoms with Gasteiger partial charge in [-0.2, -0.15) is 5.10 Å². The van der Waals surface area contributed by atoms with E-state index in [1.54, 1.807) is 42.5 Å². The Hall–Kier alpha value is -2.76. The van der Waals surface area contributed by atoms with E-state index in [2.05, 4.69) is 10.1 Å². The van der Waals surface area contributed by atoms with Crippen LogP contribution in [0.3, 0.4) is 0 Å².